The van der Waals surface area contributed by atoms with Crippen molar-refractivity contribution in [3.05, 3.63) is 93.8 Å². The fraction of sp³-hybridized carbons (Fsp3) is 0.154. The Kier molecular flexibility index (Phi) is 6.30. The van der Waals surface area contributed by atoms with Gasteiger partial charge in [-0.2, -0.15) is 0 Å². The molecule has 8 heteroatoms. The molecule has 1 aliphatic heterocycles. The van der Waals surface area contributed by atoms with E-state index in [1.54, 1.807) is 49.4 Å². The highest BCUT2D eigenvalue weighted by Crippen LogP contribution is 2.45. The van der Waals surface area contributed by atoms with Crippen molar-refractivity contribution in [2.24, 2.45) is 0 Å². The average molecular weight is 482 g/mol. The Hall–Kier alpha value is -3.84. The summed E-state index contributed by atoms with van der Waals surface area (Å²) in [4.78, 5) is 27.7. The number of carbonyl (C=O) groups excluding carboxylic acids is 2. The lowest BCUT2D eigenvalue weighted by atomic mass is 9.94. The Morgan fingerprint density at radius 2 is 1.76 bits per heavy atom. The molecule has 0 saturated carbocycles. The smallest absolute Gasteiger partial charge is 0.300 e. The quantitative estimate of drug-likeness (QED) is 0.299. The van der Waals surface area contributed by atoms with E-state index in [1.807, 2.05) is 0 Å². The van der Waals surface area contributed by atoms with Gasteiger partial charge in [0.2, 0.25) is 0 Å². The number of halogens is 2. The van der Waals surface area contributed by atoms with Crippen LogP contribution in [0.1, 0.15) is 22.7 Å². The van der Waals surface area contributed by atoms with E-state index in [9.17, 15) is 14.7 Å². The number of anilines is 1. The van der Waals surface area contributed by atoms with Crippen molar-refractivity contribution < 1.29 is 28.6 Å². The molecule has 0 aromatic heterocycles. The summed E-state index contributed by atoms with van der Waals surface area (Å²) < 4.78 is 25.6. The minimum Gasteiger partial charge on any atom is -0.507 e. The summed E-state index contributed by atoms with van der Waals surface area (Å²) in [7, 11) is 2.84. The molecule has 1 fully saturated rings. The number of aliphatic hydroxyl groups excluding tert-OH is 1. The third kappa shape index (κ3) is 3.88. The van der Waals surface area contributed by atoms with E-state index >= 15 is 4.39 Å². The molecule has 0 bridgehead atoms. The second-order valence-electron chi connectivity index (χ2n) is 7.72. The first-order valence-electron chi connectivity index (χ1n) is 10.3. The van der Waals surface area contributed by atoms with Crippen molar-refractivity contribution in [2.75, 3.05) is 19.1 Å². The van der Waals surface area contributed by atoms with Crippen LogP contribution in [0.4, 0.5) is 10.1 Å². The van der Waals surface area contributed by atoms with Crippen LogP contribution in [-0.2, 0) is 9.59 Å². The Labute approximate surface area is 200 Å². The molecule has 3 aromatic rings. The average Bonchev–Trinajstić information content (AvgIpc) is 3.08. The Balaban J connectivity index is 2.03. The van der Waals surface area contributed by atoms with E-state index in [-0.39, 0.29) is 27.5 Å². The third-order valence-corrected chi connectivity index (χ3v) is 5.90. The van der Waals surface area contributed by atoms with Gasteiger partial charge in [-0.05, 0) is 42.8 Å². The van der Waals surface area contributed by atoms with Gasteiger partial charge in [0.05, 0.1) is 36.4 Å². The lowest BCUT2D eigenvalue weighted by molar-refractivity contribution is -0.132. The number of ketones is 1. The number of hydrogen-bond donors (Lipinski definition) is 1. The van der Waals surface area contributed by atoms with Crippen molar-refractivity contribution in [2.45, 2.75) is 13.0 Å². The van der Waals surface area contributed by atoms with Gasteiger partial charge in [0.1, 0.15) is 23.1 Å². The molecule has 1 saturated heterocycles. The molecule has 6 nitrogen and oxygen atoms in total. The lowest BCUT2D eigenvalue weighted by Crippen LogP contribution is -2.29. The number of nitrogens with zero attached hydrogens (tertiary/aromatic N) is 1. The summed E-state index contributed by atoms with van der Waals surface area (Å²) in [5, 5.41) is 11.6. The summed E-state index contributed by atoms with van der Waals surface area (Å²) in [6, 6.07) is 14.3. The van der Waals surface area contributed by atoms with Crippen LogP contribution in [0.5, 0.6) is 11.5 Å². The number of aryl methyl sites for hydroxylation is 1. The molecule has 34 heavy (non-hydrogen) atoms. The van der Waals surface area contributed by atoms with Crippen LogP contribution >= 0.6 is 11.6 Å². The fourth-order valence-corrected chi connectivity index (χ4v) is 4.46. The van der Waals surface area contributed by atoms with Crippen LogP contribution < -0.4 is 14.4 Å². The van der Waals surface area contributed by atoms with Crippen LogP contribution in [0.3, 0.4) is 0 Å². The molecule has 1 aliphatic rings. The Morgan fingerprint density at radius 1 is 1.03 bits per heavy atom. The molecule has 0 aliphatic carbocycles. The number of benzene rings is 3. The zero-order valence-electron chi connectivity index (χ0n) is 18.6. The van der Waals surface area contributed by atoms with E-state index in [2.05, 4.69) is 0 Å². The van der Waals surface area contributed by atoms with Crippen molar-refractivity contribution in [1.82, 2.24) is 0 Å². The fourth-order valence-electron chi connectivity index (χ4n) is 4.11. The SMILES string of the molecule is COc1cccc(N2C(=O)C(=O)/C(=C(/O)c3cc(C)cc(Cl)c3OC)C2c2ccccc2F)c1. The molecule has 4 rings (SSSR count). The van der Waals surface area contributed by atoms with Crippen LogP contribution in [0, 0.1) is 12.7 Å². The number of carbonyl (C=O) groups is 2. The number of hydrogen-bond acceptors (Lipinski definition) is 5. The molecular weight excluding hydrogens is 461 g/mol. The van der Waals surface area contributed by atoms with Gasteiger partial charge in [0.15, 0.2) is 0 Å². The van der Waals surface area contributed by atoms with E-state index < -0.39 is 29.3 Å². The van der Waals surface area contributed by atoms with Gasteiger partial charge in [0.25, 0.3) is 11.7 Å². The van der Waals surface area contributed by atoms with Crippen molar-refractivity contribution >= 4 is 34.7 Å². The van der Waals surface area contributed by atoms with Gasteiger partial charge in [-0.15, -0.1) is 0 Å². The molecule has 1 N–H and O–H groups in total. The topological polar surface area (TPSA) is 76.1 Å². The van der Waals surface area contributed by atoms with Crippen LogP contribution in [0.2, 0.25) is 5.02 Å². The summed E-state index contributed by atoms with van der Waals surface area (Å²) in [6.07, 6.45) is 0. The highest BCUT2D eigenvalue weighted by molar-refractivity contribution is 6.51. The maximum Gasteiger partial charge on any atom is 0.300 e. The van der Waals surface area contributed by atoms with Gasteiger partial charge < -0.3 is 14.6 Å². The number of Topliss-reactive ketones (excluding diaryl/α,β-unsaturated/α-hetero) is 1. The maximum atomic E-state index is 15.0. The molecule has 3 aromatic carbocycles. The molecular formula is C26H21ClFNO5. The standard InChI is InChI=1S/C26H21ClFNO5/c1-14-11-18(25(34-3)19(27)12-14)23(30)21-22(17-9-4-5-10-20(17)28)29(26(32)24(21)31)15-7-6-8-16(13-15)33-2/h4-13,22,30H,1-3H3/b23-21+. The van der Waals surface area contributed by atoms with Crippen molar-refractivity contribution in [3.63, 3.8) is 0 Å². The maximum absolute atomic E-state index is 15.0. The predicted octanol–water partition coefficient (Wildman–Crippen LogP) is 5.43. The summed E-state index contributed by atoms with van der Waals surface area (Å²) in [5.74, 6) is -2.46. The number of rotatable bonds is 5. The highest BCUT2D eigenvalue weighted by atomic mass is 35.5. The second-order valence-corrected chi connectivity index (χ2v) is 8.13. The summed E-state index contributed by atoms with van der Waals surface area (Å²) in [5.41, 5.74) is 0.888. The minimum atomic E-state index is -1.24. The largest absolute Gasteiger partial charge is 0.507 e. The molecule has 0 spiro atoms. The van der Waals surface area contributed by atoms with Gasteiger partial charge in [-0.1, -0.05) is 35.9 Å². The second kappa shape index (κ2) is 9.19. The summed E-state index contributed by atoms with van der Waals surface area (Å²) in [6.45, 7) is 1.76. The molecule has 1 amide bonds. The monoisotopic (exact) mass is 481 g/mol. The molecule has 1 unspecified atom stereocenters. The number of ether oxygens (including phenoxy) is 2. The highest BCUT2D eigenvalue weighted by Gasteiger charge is 2.48. The van der Waals surface area contributed by atoms with Gasteiger partial charge in [-0.3, -0.25) is 14.5 Å². The van der Waals surface area contributed by atoms with E-state index in [4.69, 9.17) is 21.1 Å². The first-order valence-corrected chi connectivity index (χ1v) is 10.7. The molecule has 0 radical (unpaired) electrons. The zero-order chi connectivity index (χ0) is 24.6. The number of amides is 1. The normalized spacial score (nSPS) is 17.2. The van der Waals surface area contributed by atoms with Crippen LogP contribution in [0.15, 0.2) is 66.2 Å². The third-order valence-electron chi connectivity index (χ3n) is 5.62. The minimum absolute atomic E-state index is 0.0452. The predicted molar refractivity (Wildman–Crippen MR) is 127 cm³/mol. The number of aliphatic hydroxyl groups is 1. The van der Waals surface area contributed by atoms with E-state index in [0.717, 1.165) is 4.90 Å². The van der Waals surface area contributed by atoms with Gasteiger partial charge >= 0.3 is 0 Å². The van der Waals surface area contributed by atoms with Crippen molar-refractivity contribution in [1.29, 1.82) is 0 Å². The molecule has 174 valence electrons. The first kappa shape index (κ1) is 23.3. The first-order chi connectivity index (χ1) is 16.3. The van der Waals surface area contributed by atoms with Gasteiger partial charge in [-0.25, -0.2) is 4.39 Å². The number of methoxy groups -OCH3 is 2. The molecule has 1 heterocycles. The van der Waals surface area contributed by atoms with Crippen molar-refractivity contribution in [3.8, 4) is 11.5 Å². The molecule has 1 atom stereocenters. The van der Waals surface area contributed by atoms with E-state index in [1.165, 1.54) is 32.4 Å². The Morgan fingerprint density at radius 3 is 2.44 bits per heavy atom. The van der Waals surface area contributed by atoms with Gasteiger partial charge in [0, 0.05) is 17.3 Å². The van der Waals surface area contributed by atoms with E-state index in [0.29, 0.717) is 17.0 Å². The Bertz CT molecular complexity index is 1340. The van der Waals surface area contributed by atoms with Crippen LogP contribution in [-0.4, -0.2) is 31.0 Å². The van der Waals surface area contributed by atoms with Crippen LogP contribution in [0.25, 0.3) is 5.76 Å². The zero-order valence-corrected chi connectivity index (χ0v) is 19.4. The summed E-state index contributed by atoms with van der Waals surface area (Å²) >= 11 is 6.29. The lowest BCUT2D eigenvalue weighted by Gasteiger charge is -2.26.